The molecule has 0 aliphatic heterocycles. The molecule has 0 aromatic rings. The average Bonchev–Trinajstić information content (AvgIpc) is 2.10. The fraction of sp³-hybridized carbons (Fsp3) is 0.900. The molecule has 5 nitrogen and oxygen atoms in total. The summed E-state index contributed by atoms with van der Waals surface area (Å²) in [5.74, 6) is -0.892. The third-order valence-corrected chi connectivity index (χ3v) is 1.88. The number of ether oxygens (including phenoxy) is 1. The molecule has 0 aromatic heterocycles. The van der Waals surface area contributed by atoms with Crippen LogP contribution in [0.1, 0.15) is 19.8 Å². The van der Waals surface area contributed by atoms with Gasteiger partial charge in [0.2, 0.25) is 0 Å². The lowest BCUT2D eigenvalue weighted by Gasteiger charge is -2.18. The van der Waals surface area contributed by atoms with Gasteiger partial charge in [-0.05, 0) is 13.5 Å². The maximum absolute atomic E-state index is 10.3. The Morgan fingerprint density at radius 3 is 2.73 bits per heavy atom. The van der Waals surface area contributed by atoms with Crippen molar-refractivity contribution in [3.8, 4) is 0 Å². The number of aliphatic hydroxyl groups excluding tert-OH is 1. The van der Waals surface area contributed by atoms with Crippen LogP contribution < -0.4 is 0 Å². The van der Waals surface area contributed by atoms with Gasteiger partial charge in [-0.25, -0.2) is 0 Å². The molecule has 0 aromatic carbocycles. The zero-order valence-corrected chi connectivity index (χ0v) is 9.48. The Kier molecular flexibility index (Phi) is 8.27. The van der Waals surface area contributed by atoms with E-state index in [2.05, 4.69) is 6.92 Å². The van der Waals surface area contributed by atoms with E-state index >= 15 is 0 Å². The van der Waals surface area contributed by atoms with Crippen molar-refractivity contribution in [1.29, 1.82) is 0 Å². The molecule has 0 bridgehead atoms. The summed E-state index contributed by atoms with van der Waals surface area (Å²) in [7, 11) is 1.66. The quantitative estimate of drug-likeness (QED) is 0.541. The van der Waals surface area contributed by atoms with Crippen molar-refractivity contribution in [3.63, 3.8) is 0 Å². The van der Waals surface area contributed by atoms with Gasteiger partial charge < -0.3 is 14.9 Å². The summed E-state index contributed by atoms with van der Waals surface area (Å²) in [5, 5.41) is 18.0. The number of carboxylic acids is 1. The maximum Gasteiger partial charge on any atom is 0.317 e. The van der Waals surface area contributed by atoms with Crippen LogP contribution in [-0.4, -0.2) is 60.5 Å². The second-order valence-corrected chi connectivity index (χ2v) is 3.67. The Labute approximate surface area is 90.6 Å². The van der Waals surface area contributed by atoms with Crippen molar-refractivity contribution < 1.29 is 19.7 Å². The average molecular weight is 219 g/mol. The highest BCUT2D eigenvalue weighted by atomic mass is 16.5. The number of rotatable bonds is 9. The summed E-state index contributed by atoms with van der Waals surface area (Å²) in [6.07, 6.45) is 1.43. The number of aliphatic carboxylic acids is 1. The first kappa shape index (κ1) is 14.3. The summed E-state index contributed by atoms with van der Waals surface area (Å²) in [6, 6.07) is 0. The van der Waals surface area contributed by atoms with E-state index in [-0.39, 0.29) is 13.2 Å². The first-order valence-electron chi connectivity index (χ1n) is 5.22. The zero-order chi connectivity index (χ0) is 11.7. The van der Waals surface area contributed by atoms with Crippen LogP contribution in [0.5, 0.6) is 0 Å². The van der Waals surface area contributed by atoms with Crippen molar-refractivity contribution >= 4 is 5.97 Å². The van der Waals surface area contributed by atoms with Gasteiger partial charge >= 0.3 is 5.97 Å². The lowest BCUT2D eigenvalue weighted by atomic mass is 10.3. The van der Waals surface area contributed by atoms with E-state index in [4.69, 9.17) is 9.84 Å². The Hall–Kier alpha value is -0.650. The van der Waals surface area contributed by atoms with Gasteiger partial charge in [-0.1, -0.05) is 13.3 Å². The Morgan fingerprint density at radius 1 is 1.53 bits per heavy atom. The summed E-state index contributed by atoms with van der Waals surface area (Å²) in [5.41, 5.74) is 0. The fourth-order valence-electron chi connectivity index (χ4n) is 1.17. The second kappa shape index (κ2) is 8.64. The SMILES string of the molecule is CCCCOCC(O)CN(C)CC(=O)O. The third-order valence-electron chi connectivity index (χ3n) is 1.88. The molecule has 2 N–H and O–H groups in total. The molecule has 0 rings (SSSR count). The van der Waals surface area contributed by atoms with Gasteiger partial charge in [0, 0.05) is 13.2 Å². The van der Waals surface area contributed by atoms with Crippen molar-refractivity contribution in [1.82, 2.24) is 4.90 Å². The van der Waals surface area contributed by atoms with Gasteiger partial charge in [-0.15, -0.1) is 0 Å². The minimum Gasteiger partial charge on any atom is -0.480 e. The van der Waals surface area contributed by atoms with Crippen molar-refractivity contribution in [2.75, 3.05) is 33.4 Å². The first-order chi connectivity index (χ1) is 7.06. The van der Waals surface area contributed by atoms with Gasteiger partial charge in [0.25, 0.3) is 0 Å². The number of hydrogen-bond donors (Lipinski definition) is 2. The molecule has 0 heterocycles. The number of nitrogens with zero attached hydrogens (tertiary/aromatic N) is 1. The van der Waals surface area contributed by atoms with E-state index in [0.717, 1.165) is 12.8 Å². The zero-order valence-electron chi connectivity index (χ0n) is 9.48. The standard InChI is InChI=1S/C10H21NO4/c1-3-4-5-15-8-9(12)6-11(2)7-10(13)14/h9,12H,3-8H2,1-2H3,(H,13,14). The lowest BCUT2D eigenvalue weighted by molar-refractivity contribution is -0.138. The first-order valence-corrected chi connectivity index (χ1v) is 5.22. The summed E-state index contributed by atoms with van der Waals surface area (Å²) < 4.78 is 5.22. The van der Waals surface area contributed by atoms with E-state index in [1.807, 2.05) is 0 Å². The smallest absolute Gasteiger partial charge is 0.317 e. The molecule has 5 heteroatoms. The van der Waals surface area contributed by atoms with Gasteiger partial charge in [0.1, 0.15) is 0 Å². The van der Waals surface area contributed by atoms with Crippen LogP contribution in [-0.2, 0) is 9.53 Å². The predicted octanol–water partition coefficient (Wildman–Crippen LogP) is 0.180. The number of unbranched alkanes of at least 4 members (excludes halogenated alkanes) is 1. The van der Waals surface area contributed by atoms with E-state index in [9.17, 15) is 9.90 Å². The molecule has 1 unspecified atom stereocenters. The van der Waals surface area contributed by atoms with Crippen LogP contribution in [0.4, 0.5) is 0 Å². The van der Waals surface area contributed by atoms with Gasteiger partial charge in [-0.2, -0.15) is 0 Å². The van der Waals surface area contributed by atoms with E-state index in [1.54, 1.807) is 11.9 Å². The Bertz CT molecular complexity index is 175. The summed E-state index contributed by atoms with van der Waals surface area (Å²) >= 11 is 0. The molecule has 0 saturated heterocycles. The highest BCUT2D eigenvalue weighted by molar-refractivity contribution is 5.68. The molecular weight excluding hydrogens is 198 g/mol. The Balaban J connectivity index is 3.46. The molecule has 0 saturated carbocycles. The highest BCUT2D eigenvalue weighted by Gasteiger charge is 2.10. The molecule has 1 atom stereocenters. The van der Waals surface area contributed by atoms with Gasteiger partial charge in [-0.3, -0.25) is 9.69 Å². The van der Waals surface area contributed by atoms with Crippen LogP contribution in [0.3, 0.4) is 0 Å². The van der Waals surface area contributed by atoms with E-state index in [0.29, 0.717) is 13.2 Å². The molecular formula is C10H21NO4. The number of carbonyl (C=O) groups is 1. The molecule has 0 aliphatic carbocycles. The van der Waals surface area contributed by atoms with Crippen LogP contribution in [0.25, 0.3) is 0 Å². The molecule has 0 fully saturated rings. The van der Waals surface area contributed by atoms with Crippen molar-refractivity contribution in [2.45, 2.75) is 25.9 Å². The molecule has 0 amide bonds. The second-order valence-electron chi connectivity index (χ2n) is 3.67. The van der Waals surface area contributed by atoms with E-state index < -0.39 is 12.1 Å². The summed E-state index contributed by atoms with van der Waals surface area (Å²) in [6.45, 7) is 3.24. The molecule has 0 spiro atoms. The monoisotopic (exact) mass is 219 g/mol. The molecule has 0 aliphatic rings. The minimum atomic E-state index is -0.892. The number of carboxylic acid groups (broad SMARTS) is 1. The normalized spacial score (nSPS) is 13.1. The molecule has 90 valence electrons. The molecule has 0 radical (unpaired) electrons. The third kappa shape index (κ3) is 9.65. The lowest BCUT2D eigenvalue weighted by Crippen LogP contribution is -2.35. The Morgan fingerprint density at radius 2 is 2.20 bits per heavy atom. The summed E-state index contributed by atoms with van der Waals surface area (Å²) in [4.78, 5) is 11.9. The number of likely N-dealkylation sites (N-methyl/N-ethyl adjacent to an activating group) is 1. The highest BCUT2D eigenvalue weighted by Crippen LogP contribution is 1.93. The van der Waals surface area contributed by atoms with Crippen molar-refractivity contribution in [3.05, 3.63) is 0 Å². The van der Waals surface area contributed by atoms with Crippen LogP contribution in [0.2, 0.25) is 0 Å². The topological polar surface area (TPSA) is 70.0 Å². The van der Waals surface area contributed by atoms with Crippen LogP contribution in [0.15, 0.2) is 0 Å². The number of aliphatic hydroxyl groups is 1. The molecule has 15 heavy (non-hydrogen) atoms. The van der Waals surface area contributed by atoms with E-state index in [1.165, 1.54) is 0 Å². The number of hydrogen-bond acceptors (Lipinski definition) is 4. The van der Waals surface area contributed by atoms with Crippen molar-refractivity contribution in [2.24, 2.45) is 0 Å². The predicted molar refractivity (Wildman–Crippen MR) is 56.9 cm³/mol. The minimum absolute atomic E-state index is 0.0635. The van der Waals surface area contributed by atoms with Crippen LogP contribution >= 0.6 is 0 Å². The maximum atomic E-state index is 10.3. The van der Waals surface area contributed by atoms with Crippen LogP contribution in [0, 0.1) is 0 Å². The van der Waals surface area contributed by atoms with Gasteiger partial charge in [0.05, 0.1) is 19.3 Å². The van der Waals surface area contributed by atoms with Gasteiger partial charge in [0.15, 0.2) is 0 Å². The largest absolute Gasteiger partial charge is 0.480 e. The fourth-order valence-corrected chi connectivity index (χ4v) is 1.17.